The standard InChI is InChI=1S/C26H32N2O2/c1-8-24(6)13-12-17-22(2,3)15-10-9-11-16-19(15)20-21(28-16)23(4,5)18(29)14-25(24,27-7)26(17,20)30/h8-11,17-18,28-30H,1,12-14H2,2-6H3/t17-,18-,24+,25+,26-/m1/s1. The van der Waals surface area contributed by atoms with Crippen LogP contribution in [-0.4, -0.2) is 26.8 Å². The van der Waals surface area contributed by atoms with Gasteiger partial charge in [-0.2, -0.15) is 0 Å². The van der Waals surface area contributed by atoms with E-state index in [9.17, 15) is 10.2 Å². The molecular formula is C26H32N2O2. The quantitative estimate of drug-likeness (QED) is 0.465. The minimum atomic E-state index is -1.38. The van der Waals surface area contributed by atoms with E-state index in [2.05, 4.69) is 42.4 Å². The van der Waals surface area contributed by atoms with Gasteiger partial charge in [-0.05, 0) is 36.8 Å². The maximum Gasteiger partial charge on any atom is 0.276 e. The Balaban J connectivity index is 2.06. The Morgan fingerprint density at radius 3 is 2.53 bits per heavy atom. The molecule has 5 rings (SSSR count). The lowest BCUT2D eigenvalue weighted by atomic mass is 9.43. The monoisotopic (exact) mass is 404 g/mol. The maximum absolute atomic E-state index is 12.9. The van der Waals surface area contributed by atoms with Crippen molar-refractivity contribution in [2.24, 2.45) is 11.3 Å². The van der Waals surface area contributed by atoms with E-state index in [0.29, 0.717) is 0 Å². The second kappa shape index (κ2) is 5.39. The first-order valence-corrected chi connectivity index (χ1v) is 11.0. The number of rotatable bonds is 1. The SMILES string of the molecule is [C-]#[N+][C@]12C[C@@H](O)C(C)(C)c3[nH]c4cccc5c4c3[C@]1(O)[C@H](CC[C@]2(C)C=C)C5(C)C. The van der Waals surface area contributed by atoms with Crippen LogP contribution in [0.1, 0.15) is 70.7 Å². The largest absolute Gasteiger partial charge is 0.392 e. The van der Waals surface area contributed by atoms with Crippen LogP contribution in [0.15, 0.2) is 30.9 Å². The molecule has 30 heavy (non-hydrogen) atoms. The molecule has 0 radical (unpaired) electrons. The van der Waals surface area contributed by atoms with Crippen LogP contribution >= 0.6 is 0 Å². The highest BCUT2D eigenvalue weighted by atomic mass is 16.3. The van der Waals surface area contributed by atoms with E-state index in [4.69, 9.17) is 6.57 Å². The Morgan fingerprint density at radius 2 is 1.90 bits per heavy atom. The highest BCUT2D eigenvalue weighted by Crippen LogP contribution is 2.70. The molecule has 0 unspecified atom stereocenters. The van der Waals surface area contributed by atoms with E-state index in [1.165, 1.54) is 5.56 Å². The van der Waals surface area contributed by atoms with Gasteiger partial charge in [0, 0.05) is 33.5 Å². The number of aliphatic hydroxyl groups is 2. The number of aromatic nitrogens is 1. The third kappa shape index (κ3) is 1.78. The number of aliphatic hydroxyl groups excluding tert-OH is 1. The normalized spacial score (nSPS) is 40.5. The molecule has 0 spiro atoms. The van der Waals surface area contributed by atoms with Crippen molar-refractivity contribution in [1.29, 1.82) is 0 Å². The summed E-state index contributed by atoms with van der Waals surface area (Å²) in [6, 6.07) is 6.29. The van der Waals surface area contributed by atoms with Gasteiger partial charge in [-0.1, -0.05) is 45.9 Å². The molecule has 4 nitrogen and oxygen atoms in total. The van der Waals surface area contributed by atoms with Gasteiger partial charge in [0.15, 0.2) is 5.60 Å². The molecule has 1 heterocycles. The van der Waals surface area contributed by atoms with Gasteiger partial charge in [0.1, 0.15) is 0 Å². The Hall–Kier alpha value is -2.09. The van der Waals surface area contributed by atoms with Crippen molar-refractivity contribution in [2.75, 3.05) is 0 Å². The number of H-pyrrole nitrogens is 1. The zero-order chi connectivity index (χ0) is 21.9. The average molecular weight is 405 g/mol. The topological polar surface area (TPSA) is 60.6 Å². The van der Waals surface area contributed by atoms with Crippen molar-refractivity contribution in [3.63, 3.8) is 0 Å². The third-order valence-electron chi connectivity index (χ3n) is 9.41. The summed E-state index contributed by atoms with van der Waals surface area (Å²) in [6.07, 6.45) is 2.89. The fourth-order valence-corrected chi connectivity index (χ4v) is 7.30. The highest BCUT2D eigenvalue weighted by molar-refractivity contribution is 5.92. The van der Waals surface area contributed by atoms with Gasteiger partial charge in [0.2, 0.25) is 0 Å². The van der Waals surface area contributed by atoms with Crippen LogP contribution in [0.2, 0.25) is 0 Å². The van der Waals surface area contributed by atoms with E-state index >= 15 is 0 Å². The van der Waals surface area contributed by atoms with Crippen LogP contribution in [0.3, 0.4) is 0 Å². The lowest BCUT2D eigenvalue weighted by molar-refractivity contribution is -0.168. The van der Waals surface area contributed by atoms with Crippen molar-refractivity contribution >= 4 is 10.9 Å². The number of nitrogens with zero attached hydrogens (tertiary/aromatic N) is 1. The molecule has 0 aliphatic heterocycles. The molecule has 5 atom stereocenters. The van der Waals surface area contributed by atoms with Crippen LogP contribution in [0.5, 0.6) is 0 Å². The number of benzene rings is 1. The Morgan fingerprint density at radius 1 is 1.20 bits per heavy atom. The Kier molecular flexibility index (Phi) is 3.56. The average Bonchev–Trinajstić information content (AvgIpc) is 3.08. The van der Waals surface area contributed by atoms with E-state index in [0.717, 1.165) is 35.0 Å². The molecule has 3 aliphatic rings. The molecule has 1 fully saturated rings. The molecule has 1 aromatic heterocycles. The maximum atomic E-state index is 12.9. The minimum Gasteiger partial charge on any atom is -0.392 e. The number of hydrogen-bond acceptors (Lipinski definition) is 2. The molecular weight excluding hydrogens is 372 g/mol. The van der Waals surface area contributed by atoms with Crippen molar-refractivity contribution in [3.05, 3.63) is 59.1 Å². The third-order valence-corrected chi connectivity index (χ3v) is 9.41. The summed E-state index contributed by atoms with van der Waals surface area (Å²) in [6.45, 7) is 23.1. The first-order valence-electron chi connectivity index (χ1n) is 11.0. The van der Waals surface area contributed by atoms with Gasteiger partial charge in [-0.25, -0.2) is 6.57 Å². The van der Waals surface area contributed by atoms with Crippen LogP contribution < -0.4 is 0 Å². The van der Waals surface area contributed by atoms with Gasteiger partial charge in [0.25, 0.3) is 5.54 Å². The Bertz CT molecular complexity index is 1140. The highest BCUT2D eigenvalue weighted by Gasteiger charge is 2.78. The van der Waals surface area contributed by atoms with E-state index in [-0.39, 0.29) is 17.8 Å². The summed E-state index contributed by atoms with van der Waals surface area (Å²) in [5.74, 6) is -0.124. The molecule has 2 aromatic rings. The Labute approximate surface area is 178 Å². The van der Waals surface area contributed by atoms with E-state index in [1.54, 1.807) is 0 Å². The molecule has 4 heteroatoms. The number of nitrogens with one attached hydrogen (secondary N) is 1. The molecule has 3 aliphatic carbocycles. The van der Waals surface area contributed by atoms with Crippen molar-refractivity contribution in [1.82, 2.24) is 4.98 Å². The summed E-state index contributed by atoms with van der Waals surface area (Å²) < 4.78 is 0. The first kappa shape index (κ1) is 19.8. The number of aromatic amines is 1. The molecule has 1 saturated carbocycles. The van der Waals surface area contributed by atoms with Gasteiger partial charge < -0.3 is 20.0 Å². The first-order chi connectivity index (χ1) is 13.9. The zero-order valence-corrected chi connectivity index (χ0v) is 18.6. The second-order valence-corrected chi connectivity index (χ2v) is 11.2. The van der Waals surface area contributed by atoms with Gasteiger partial charge in [0.05, 0.1) is 17.9 Å². The summed E-state index contributed by atoms with van der Waals surface area (Å²) in [5.41, 5.74) is -0.178. The molecule has 0 amide bonds. The molecule has 0 bridgehead atoms. The molecule has 158 valence electrons. The zero-order valence-electron chi connectivity index (χ0n) is 18.6. The molecule has 1 aromatic carbocycles. The van der Waals surface area contributed by atoms with Crippen molar-refractivity contribution < 1.29 is 10.2 Å². The summed E-state index contributed by atoms with van der Waals surface area (Å²) in [5, 5.41) is 25.5. The fourth-order valence-electron chi connectivity index (χ4n) is 7.30. The summed E-state index contributed by atoms with van der Waals surface area (Å²) in [4.78, 5) is 7.84. The van der Waals surface area contributed by atoms with Crippen LogP contribution in [0, 0.1) is 17.9 Å². The van der Waals surface area contributed by atoms with Crippen LogP contribution in [-0.2, 0) is 16.4 Å². The summed E-state index contributed by atoms with van der Waals surface area (Å²) >= 11 is 0. The van der Waals surface area contributed by atoms with E-state index < -0.39 is 28.1 Å². The van der Waals surface area contributed by atoms with Gasteiger partial charge in [-0.3, -0.25) is 0 Å². The summed E-state index contributed by atoms with van der Waals surface area (Å²) in [7, 11) is 0. The van der Waals surface area contributed by atoms with E-state index in [1.807, 2.05) is 32.9 Å². The number of hydrogen-bond donors (Lipinski definition) is 3. The van der Waals surface area contributed by atoms with Gasteiger partial charge in [-0.15, -0.1) is 6.58 Å². The van der Waals surface area contributed by atoms with Crippen molar-refractivity contribution in [2.45, 2.75) is 82.0 Å². The molecule has 0 saturated heterocycles. The fraction of sp³-hybridized carbons (Fsp3) is 0.577. The lowest BCUT2D eigenvalue weighted by Gasteiger charge is -2.60. The van der Waals surface area contributed by atoms with Crippen LogP contribution in [0.25, 0.3) is 15.7 Å². The smallest absolute Gasteiger partial charge is 0.276 e. The minimum absolute atomic E-state index is 0.124. The predicted octanol–water partition coefficient (Wildman–Crippen LogP) is 4.95. The van der Waals surface area contributed by atoms with Crippen molar-refractivity contribution in [3.8, 4) is 0 Å². The van der Waals surface area contributed by atoms with Crippen LogP contribution in [0.4, 0.5) is 0 Å². The lowest BCUT2D eigenvalue weighted by Crippen LogP contribution is -2.69. The second-order valence-electron chi connectivity index (χ2n) is 11.2. The van der Waals surface area contributed by atoms with Gasteiger partial charge >= 0.3 is 0 Å². The predicted molar refractivity (Wildman–Crippen MR) is 119 cm³/mol. The molecule has 3 N–H and O–H groups in total.